The van der Waals surface area contributed by atoms with Gasteiger partial charge in [-0.3, -0.25) is 6.08 Å². The van der Waals surface area contributed by atoms with Crippen LogP contribution in [0.25, 0.3) is 0 Å². The van der Waals surface area contributed by atoms with Gasteiger partial charge in [-0.2, -0.15) is 11.6 Å². The van der Waals surface area contributed by atoms with Gasteiger partial charge in [-0.15, -0.1) is 6.42 Å². The Morgan fingerprint density at radius 3 is 2.17 bits per heavy atom. The predicted molar refractivity (Wildman–Crippen MR) is 89.3 cm³/mol. The average Bonchev–Trinajstić information content (AvgIpc) is 3.10. The van der Waals surface area contributed by atoms with Crippen LogP contribution in [0.4, 0.5) is 0 Å². The minimum absolute atomic E-state index is 0. The number of allylic oxidation sites excluding steroid dienone is 8. The van der Waals surface area contributed by atoms with Gasteiger partial charge in [0.1, 0.15) is 0 Å². The molecule has 0 nitrogen and oxygen atoms in total. The van der Waals surface area contributed by atoms with E-state index < -0.39 is 0 Å². The van der Waals surface area contributed by atoms with Crippen LogP contribution in [0.2, 0.25) is 0 Å². The minimum atomic E-state index is 0. The SMILES string of the molecule is CCCC1=[C-]CC=C1.CCCCC1=CCC(CCC)=[C-]1.[Cl-].[Cl-].[Hf+4]. The fourth-order valence-corrected chi connectivity index (χ4v) is 2.46. The number of hydrogen-bond donors (Lipinski definition) is 0. The quantitative estimate of drug-likeness (QED) is 0.340. The Labute approximate surface area is 175 Å². The summed E-state index contributed by atoms with van der Waals surface area (Å²) in [5.74, 6) is 0. The van der Waals surface area contributed by atoms with Crippen LogP contribution >= 0.6 is 0 Å². The molecule has 0 saturated heterocycles. The maximum Gasteiger partial charge on any atom is 4.00 e. The van der Waals surface area contributed by atoms with Gasteiger partial charge in [0.25, 0.3) is 0 Å². The summed E-state index contributed by atoms with van der Waals surface area (Å²) >= 11 is 0. The Hall–Kier alpha value is 0.410. The van der Waals surface area contributed by atoms with Crippen LogP contribution in [0.1, 0.15) is 78.6 Å². The van der Waals surface area contributed by atoms with Crippen molar-refractivity contribution in [3.05, 3.63) is 47.1 Å². The molecule has 0 aromatic rings. The summed E-state index contributed by atoms with van der Waals surface area (Å²) in [5.41, 5.74) is 4.37. The first-order valence-corrected chi connectivity index (χ1v) is 8.37. The Bertz CT molecular complexity index is 392. The third kappa shape index (κ3) is 13.4. The van der Waals surface area contributed by atoms with E-state index in [1.165, 1.54) is 68.1 Å². The van der Waals surface area contributed by atoms with Gasteiger partial charge in [0.05, 0.1) is 0 Å². The van der Waals surface area contributed by atoms with E-state index in [1.807, 2.05) is 0 Å². The number of unbranched alkanes of at least 4 members (excludes halogenated alkanes) is 1. The van der Waals surface area contributed by atoms with Crippen molar-refractivity contribution in [3.63, 3.8) is 0 Å². The Morgan fingerprint density at radius 2 is 1.65 bits per heavy atom. The molecule has 2 aliphatic carbocycles. The number of halogens is 2. The van der Waals surface area contributed by atoms with Crippen molar-refractivity contribution in [1.82, 2.24) is 0 Å². The van der Waals surface area contributed by atoms with E-state index in [9.17, 15) is 0 Å². The minimum Gasteiger partial charge on any atom is -1.00 e. The summed E-state index contributed by atoms with van der Waals surface area (Å²) < 4.78 is 0. The largest absolute Gasteiger partial charge is 4.00 e. The van der Waals surface area contributed by atoms with Gasteiger partial charge < -0.3 is 24.8 Å². The number of hydrogen-bond acceptors (Lipinski definition) is 0. The molecule has 0 bridgehead atoms. The van der Waals surface area contributed by atoms with Crippen LogP contribution in [0.3, 0.4) is 0 Å². The van der Waals surface area contributed by atoms with Crippen molar-refractivity contribution >= 4 is 0 Å². The average molecular weight is 520 g/mol. The first kappa shape index (κ1) is 28.2. The van der Waals surface area contributed by atoms with E-state index in [1.54, 1.807) is 0 Å². The van der Waals surface area contributed by atoms with Crippen molar-refractivity contribution in [2.45, 2.75) is 78.6 Å². The van der Waals surface area contributed by atoms with E-state index in [0.717, 1.165) is 6.42 Å². The second-order valence-electron chi connectivity index (χ2n) is 5.57. The normalized spacial score (nSPS) is 14.3. The van der Waals surface area contributed by atoms with Gasteiger partial charge in [-0.1, -0.05) is 72.1 Å². The molecule has 0 amide bonds. The molecule has 0 spiro atoms. The van der Waals surface area contributed by atoms with Crippen LogP contribution in [0.15, 0.2) is 34.9 Å². The summed E-state index contributed by atoms with van der Waals surface area (Å²) in [6, 6.07) is 0. The molecule has 0 aromatic carbocycles. The first-order chi connectivity index (χ1) is 9.80. The molecule has 0 aromatic heterocycles. The Kier molecular flexibility index (Phi) is 23.0. The van der Waals surface area contributed by atoms with Crippen LogP contribution in [-0.2, 0) is 25.8 Å². The van der Waals surface area contributed by atoms with Crippen LogP contribution in [0.5, 0.6) is 0 Å². The van der Waals surface area contributed by atoms with Gasteiger partial charge >= 0.3 is 25.8 Å². The van der Waals surface area contributed by atoms with Gasteiger partial charge in [0.2, 0.25) is 0 Å². The van der Waals surface area contributed by atoms with E-state index in [0.29, 0.717) is 0 Å². The van der Waals surface area contributed by atoms with Crippen LogP contribution in [0, 0.1) is 12.2 Å². The summed E-state index contributed by atoms with van der Waals surface area (Å²) in [6.07, 6.45) is 24.5. The van der Waals surface area contributed by atoms with Crippen LogP contribution in [-0.4, -0.2) is 0 Å². The molecule has 0 atom stereocenters. The molecular weight excluding hydrogens is 490 g/mol. The zero-order valence-corrected chi connectivity index (χ0v) is 20.0. The smallest absolute Gasteiger partial charge is 1.00 e. The maximum absolute atomic E-state index is 3.50. The van der Waals surface area contributed by atoms with Gasteiger partial charge in [0, 0.05) is 0 Å². The molecule has 3 heteroatoms. The molecule has 0 saturated carbocycles. The Balaban J connectivity index is -0.000000325. The molecule has 0 unspecified atom stereocenters. The molecule has 0 heterocycles. The second-order valence-corrected chi connectivity index (χ2v) is 5.57. The van der Waals surface area contributed by atoms with Crippen molar-refractivity contribution in [3.8, 4) is 0 Å². The number of rotatable bonds is 7. The molecular formula is C20H30Cl2Hf. The molecule has 128 valence electrons. The third-order valence-electron chi connectivity index (χ3n) is 3.57. The van der Waals surface area contributed by atoms with Crippen molar-refractivity contribution < 1.29 is 50.7 Å². The monoisotopic (exact) mass is 520 g/mol. The van der Waals surface area contributed by atoms with E-state index >= 15 is 0 Å². The van der Waals surface area contributed by atoms with E-state index in [4.69, 9.17) is 0 Å². The fourth-order valence-electron chi connectivity index (χ4n) is 2.46. The van der Waals surface area contributed by atoms with Crippen molar-refractivity contribution in [1.29, 1.82) is 0 Å². The summed E-state index contributed by atoms with van der Waals surface area (Å²) in [4.78, 5) is 0. The summed E-state index contributed by atoms with van der Waals surface area (Å²) in [7, 11) is 0. The van der Waals surface area contributed by atoms with Crippen molar-refractivity contribution in [2.24, 2.45) is 0 Å². The van der Waals surface area contributed by atoms with E-state index in [2.05, 4.69) is 51.2 Å². The van der Waals surface area contributed by atoms with Crippen LogP contribution < -0.4 is 24.8 Å². The molecule has 0 aliphatic heterocycles. The molecule has 0 radical (unpaired) electrons. The predicted octanol–water partition coefficient (Wildman–Crippen LogP) is 0.518. The zero-order valence-electron chi connectivity index (χ0n) is 14.9. The first-order valence-electron chi connectivity index (χ1n) is 8.37. The van der Waals surface area contributed by atoms with Gasteiger partial charge in [-0.25, -0.2) is 29.4 Å². The maximum atomic E-state index is 3.50. The third-order valence-corrected chi connectivity index (χ3v) is 3.57. The summed E-state index contributed by atoms with van der Waals surface area (Å²) in [6.45, 7) is 6.67. The molecule has 0 N–H and O–H groups in total. The molecule has 0 fully saturated rings. The topological polar surface area (TPSA) is 0 Å². The van der Waals surface area contributed by atoms with Gasteiger partial charge in [-0.05, 0) is 0 Å². The Morgan fingerprint density at radius 1 is 0.957 bits per heavy atom. The van der Waals surface area contributed by atoms with Gasteiger partial charge in [0.15, 0.2) is 0 Å². The van der Waals surface area contributed by atoms with E-state index in [-0.39, 0.29) is 50.7 Å². The zero-order chi connectivity index (χ0) is 14.6. The molecule has 2 aliphatic rings. The fraction of sp³-hybridized carbons (Fsp3) is 0.600. The summed E-state index contributed by atoms with van der Waals surface area (Å²) in [5, 5.41) is 0. The standard InChI is InChI=1S/C12H19.C8H11.2ClH.Hf/c1-3-5-7-12-9-8-11(10-12)6-4-2;1-2-5-8-6-3-4-7-8;;;/h9H,3-8H2,1-2H3;3,6H,2,4-5H2,1H3;2*1H;/q2*-1;;;+4/p-2. The molecule has 23 heavy (non-hydrogen) atoms. The second kappa shape index (κ2) is 18.7. The molecule has 2 rings (SSSR count). The van der Waals surface area contributed by atoms with Crippen molar-refractivity contribution in [2.75, 3.05) is 0 Å².